The Morgan fingerprint density at radius 1 is 1.11 bits per heavy atom. The number of rotatable bonds is 5. The van der Waals surface area contributed by atoms with Crippen LogP contribution in [0.3, 0.4) is 0 Å². The summed E-state index contributed by atoms with van der Waals surface area (Å²) in [7, 11) is 0. The lowest BCUT2D eigenvalue weighted by molar-refractivity contribution is -0.131. The smallest absolute Gasteiger partial charge is 0.225 e. The summed E-state index contributed by atoms with van der Waals surface area (Å²) in [6, 6.07) is 10.7. The Labute approximate surface area is 167 Å². The minimum atomic E-state index is 0.191. The normalized spacial score (nSPS) is 20.2. The first-order valence-electron chi connectivity index (χ1n) is 10.6. The van der Waals surface area contributed by atoms with Gasteiger partial charge in [-0.25, -0.2) is 9.97 Å². The van der Waals surface area contributed by atoms with Crippen LogP contribution in [0, 0.1) is 0 Å². The SMILES string of the molecule is CCN(CC)C(=O)C[C@H]1CC2(CCN(c3ncccn3)CC2)c2ccccc21. The summed E-state index contributed by atoms with van der Waals surface area (Å²) >= 11 is 0. The lowest BCUT2D eigenvalue weighted by atomic mass is 9.73. The molecule has 1 aromatic heterocycles. The predicted molar refractivity (Wildman–Crippen MR) is 112 cm³/mol. The zero-order chi connectivity index (χ0) is 19.6. The predicted octanol–water partition coefficient (Wildman–Crippen LogP) is 3.76. The molecule has 1 aromatic carbocycles. The monoisotopic (exact) mass is 378 g/mol. The summed E-state index contributed by atoms with van der Waals surface area (Å²) in [6.45, 7) is 7.64. The molecule has 1 atom stereocenters. The summed E-state index contributed by atoms with van der Waals surface area (Å²) in [4.78, 5) is 25.9. The molecule has 5 heteroatoms. The molecular weight excluding hydrogens is 348 g/mol. The van der Waals surface area contributed by atoms with Gasteiger partial charge in [-0.15, -0.1) is 0 Å². The highest BCUT2D eigenvalue weighted by Gasteiger charge is 2.46. The maximum Gasteiger partial charge on any atom is 0.225 e. The Kier molecular flexibility index (Phi) is 5.33. The molecule has 0 saturated carbocycles. The van der Waals surface area contributed by atoms with Crippen molar-refractivity contribution in [2.24, 2.45) is 0 Å². The fourth-order valence-electron chi connectivity index (χ4n) is 5.19. The first-order chi connectivity index (χ1) is 13.7. The van der Waals surface area contributed by atoms with Crippen LogP contribution in [-0.4, -0.2) is 47.0 Å². The van der Waals surface area contributed by atoms with Gasteiger partial charge in [0.05, 0.1) is 0 Å². The standard InChI is InChI=1S/C23H30N4O/c1-3-26(4-2)21(28)16-18-17-23(20-9-6-5-8-19(18)20)10-14-27(15-11-23)22-24-12-7-13-25-22/h5-9,12-13,18H,3-4,10-11,14-17H2,1-2H3/t18-/m0/s1. The van der Waals surface area contributed by atoms with Gasteiger partial charge in [-0.05, 0) is 61.6 Å². The quantitative estimate of drug-likeness (QED) is 0.795. The molecule has 4 rings (SSSR count). The minimum Gasteiger partial charge on any atom is -0.343 e. The van der Waals surface area contributed by atoms with Crippen molar-refractivity contribution < 1.29 is 4.79 Å². The van der Waals surface area contributed by atoms with E-state index in [9.17, 15) is 4.79 Å². The molecule has 2 aromatic rings. The largest absolute Gasteiger partial charge is 0.343 e. The fourth-order valence-corrected chi connectivity index (χ4v) is 5.19. The fraction of sp³-hybridized carbons (Fsp3) is 0.522. The number of hydrogen-bond donors (Lipinski definition) is 0. The first-order valence-corrected chi connectivity index (χ1v) is 10.6. The van der Waals surface area contributed by atoms with E-state index in [0.29, 0.717) is 12.3 Å². The number of piperidine rings is 1. The molecule has 148 valence electrons. The Balaban J connectivity index is 1.52. The van der Waals surface area contributed by atoms with Gasteiger partial charge in [0.25, 0.3) is 0 Å². The van der Waals surface area contributed by atoms with Crippen LogP contribution in [0.15, 0.2) is 42.7 Å². The van der Waals surface area contributed by atoms with Gasteiger partial charge < -0.3 is 9.80 Å². The molecule has 2 aliphatic rings. The highest BCUT2D eigenvalue weighted by molar-refractivity contribution is 5.77. The van der Waals surface area contributed by atoms with E-state index in [1.165, 1.54) is 11.1 Å². The van der Waals surface area contributed by atoms with Gasteiger partial charge in [0.15, 0.2) is 0 Å². The van der Waals surface area contributed by atoms with Crippen molar-refractivity contribution >= 4 is 11.9 Å². The van der Waals surface area contributed by atoms with Gasteiger partial charge in [-0.1, -0.05) is 24.3 Å². The Morgan fingerprint density at radius 2 is 1.79 bits per heavy atom. The van der Waals surface area contributed by atoms with Gasteiger partial charge in [-0.3, -0.25) is 4.79 Å². The average Bonchev–Trinajstić information content (AvgIpc) is 3.03. The molecule has 0 unspecified atom stereocenters. The number of carbonyl (C=O) groups is 1. The van der Waals surface area contributed by atoms with E-state index in [-0.39, 0.29) is 11.3 Å². The van der Waals surface area contributed by atoms with E-state index in [1.54, 1.807) is 0 Å². The van der Waals surface area contributed by atoms with Crippen LogP contribution in [0.25, 0.3) is 0 Å². The number of hydrogen-bond acceptors (Lipinski definition) is 4. The molecule has 0 radical (unpaired) electrons. The number of aromatic nitrogens is 2. The molecule has 0 bridgehead atoms. The third-order valence-corrected chi connectivity index (χ3v) is 6.70. The van der Waals surface area contributed by atoms with Crippen LogP contribution in [0.4, 0.5) is 5.95 Å². The number of nitrogens with zero attached hydrogens (tertiary/aromatic N) is 4. The lowest BCUT2D eigenvalue weighted by Crippen LogP contribution is -2.42. The van der Waals surface area contributed by atoms with Crippen molar-refractivity contribution in [1.82, 2.24) is 14.9 Å². The van der Waals surface area contributed by atoms with Crippen molar-refractivity contribution in [2.75, 3.05) is 31.1 Å². The number of carbonyl (C=O) groups excluding carboxylic acids is 1. The second kappa shape index (κ2) is 7.90. The van der Waals surface area contributed by atoms with Crippen molar-refractivity contribution in [3.8, 4) is 0 Å². The first kappa shape index (κ1) is 18.9. The van der Waals surface area contributed by atoms with Crippen LogP contribution >= 0.6 is 0 Å². The summed E-state index contributed by atoms with van der Waals surface area (Å²) < 4.78 is 0. The third kappa shape index (κ3) is 3.38. The van der Waals surface area contributed by atoms with E-state index < -0.39 is 0 Å². The Morgan fingerprint density at radius 3 is 2.46 bits per heavy atom. The van der Waals surface area contributed by atoms with Crippen molar-refractivity contribution in [1.29, 1.82) is 0 Å². The van der Waals surface area contributed by atoms with E-state index in [0.717, 1.165) is 51.4 Å². The second-order valence-electron chi connectivity index (χ2n) is 8.07. The zero-order valence-corrected chi connectivity index (χ0v) is 17.0. The van der Waals surface area contributed by atoms with Crippen LogP contribution < -0.4 is 4.90 Å². The average molecular weight is 379 g/mol. The summed E-state index contributed by atoms with van der Waals surface area (Å²) in [5, 5.41) is 0. The number of amides is 1. The van der Waals surface area contributed by atoms with Crippen LogP contribution in [0.5, 0.6) is 0 Å². The van der Waals surface area contributed by atoms with Crippen LogP contribution in [-0.2, 0) is 10.2 Å². The minimum absolute atomic E-state index is 0.191. The summed E-state index contributed by atoms with van der Waals surface area (Å²) in [5.74, 6) is 1.46. The van der Waals surface area contributed by atoms with E-state index in [4.69, 9.17) is 0 Å². The molecule has 1 saturated heterocycles. The molecule has 2 heterocycles. The Hall–Kier alpha value is -2.43. The summed E-state index contributed by atoms with van der Waals surface area (Å²) in [6.07, 6.45) is 7.53. The number of anilines is 1. The molecular formula is C23H30N4O. The number of benzene rings is 1. The topological polar surface area (TPSA) is 49.3 Å². The van der Waals surface area contributed by atoms with E-state index in [1.807, 2.05) is 23.4 Å². The van der Waals surface area contributed by atoms with Gasteiger partial charge in [0.2, 0.25) is 11.9 Å². The molecule has 0 N–H and O–H groups in total. The van der Waals surface area contributed by atoms with Gasteiger partial charge in [0.1, 0.15) is 0 Å². The second-order valence-corrected chi connectivity index (χ2v) is 8.07. The highest BCUT2D eigenvalue weighted by atomic mass is 16.2. The maximum atomic E-state index is 12.8. The Bertz CT molecular complexity index is 810. The molecule has 1 spiro atoms. The van der Waals surface area contributed by atoms with Gasteiger partial charge in [0, 0.05) is 45.0 Å². The molecule has 1 aliphatic heterocycles. The maximum absolute atomic E-state index is 12.8. The van der Waals surface area contributed by atoms with E-state index >= 15 is 0 Å². The van der Waals surface area contributed by atoms with Crippen molar-refractivity contribution in [3.63, 3.8) is 0 Å². The van der Waals surface area contributed by atoms with E-state index in [2.05, 4.69) is 53.0 Å². The van der Waals surface area contributed by atoms with Crippen LogP contribution in [0.2, 0.25) is 0 Å². The third-order valence-electron chi connectivity index (χ3n) is 6.70. The molecule has 1 aliphatic carbocycles. The highest BCUT2D eigenvalue weighted by Crippen LogP contribution is 2.52. The lowest BCUT2D eigenvalue weighted by Gasteiger charge is -2.40. The van der Waals surface area contributed by atoms with Crippen molar-refractivity contribution in [2.45, 2.75) is 50.9 Å². The molecule has 1 amide bonds. The van der Waals surface area contributed by atoms with Gasteiger partial charge in [-0.2, -0.15) is 0 Å². The number of fused-ring (bicyclic) bond motifs is 2. The molecule has 28 heavy (non-hydrogen) atoms. The summed E-state index contributed by atoms with van der Waals surface area (Å²) in [5.41, 5.74) is 3.06. The molecule has 1 fully saturated rings. The van der Waals surface area contributed by atoms with Gasteiger partial charge >= 0.3 is 0 Å². The van der Waals surface area contributed by atoms with Crippen LogP contribution in [0.1, 0.15) is 56.6 Å². The zero-order valence-electron chi connectivity index (χ0n) is 17.0. The molecule has 5 nitrogen and oxygen atoms in total. The van der Waals surface area contributed by atoms with Crippen molar-refractivity contribution in [3.05, 3.63) is 53.9 Å².